The molecule has 3 heteroatoms. The van der Waals surface area contributed by atoms with Crippen LogP contribution >= 0.6 is 0 Å². The molecule has 3 rings (SSSR count). The predicted octanol–water partition coefficient (Wildman–Crippen LogP) is 3.53. The van der Waals surface area contributed by atoms with Crippen LogP contribution in [-0.4, -0.2) is 38.1 Å². The Morgan fingerprint density at radius 1 is 1.17 bits per heavy atom. The van der Waals surface area contributed by atoms with Crippen molar-refractivity contribution in [3.05, 3.63) is 42.0 Å². The Bertz CT molecular complexity index is 601. The summed E-state index contributed by atoms with van der Waals surface area (Å²) in [6.45, 7) is 6.31. The van der Waals surface area contributed by atoms with Crippen molar-refractivity contribution in [2.24, 2.45) is 17.8 Å². The van der Waals surface area contributed by atoms with E-state index < -0.39 is 0 Å². The van der Waals surface area contributed by atoms with Gasteiger partial charge in [-0.1, -0.05) is 24.3 Å². The Hall–Kier alpha value is -1.79. The van der Waals surface area contributed by atoms with Gasteiger partial charge in [-0.2, -0.15) is 5.26 Å². The standard InChI is InChI=1S/C20H27N3/c1-3-23(20-7-5-4-6-18(20)14-21)11-10-22(2)15-19-13-16-8-9-17(19)12-16/h4-9,16-17,19H,3,10-13,15H2,1-2H3. The highest BCUT2D eigenvalue weighted by Gasteiger charge is 2.35. The van der Waals surface area contributed by atoms with Crippen LogP contribution < -0.4 is 4.90 Å². The summed E-state index contributed by atoms with van der Waals surface area (Å²) in [5.41, 5.74) is 1.84. The number of hydrogen-bond donors (Lipinski definition) is 0. The van der Waals surface area contributed by atoms with E-state index in [0.717, 1.165) is 48.6 Å². The van der Waals surface area contributed by atoms with Crippen LogP contribution in [0.4, 0.5) is 5.69 Å². The van der Waals surface area contributed by atoms with Crippen molar-refractivity contribution in [1.29, 1.82) is 5.26 Å². The lowest BCUT2D eigenvalue weighted by atomic mass is 9.93. The fourth-order valence-electron chi connectivity index (χ4n) is 4.18. The number of rotatable bonds is 7. The minimum absolute atomic E-state index is 0.773. The first-order chi connectivity index (χ1) is 11.2. The van der Waals surface area contributed by atoms with E-state index >= 15 is 0 Å². The lowest BCUT2D eigenvalue weighted by molar-refractivity contribution is 0.258. The number of fused-ring (bicyclic) bond motifs is 2. The maximum atomic E-state index is 9.30. The smallest absolute Gasteiger partial charge is 0.101 e. The molecular formula is C20H27N3. The zero-order chi connectivity index (χ0) is 16.2. The number of hydrogen-bond acceptors (Lipinski definition) is 3. The monoisotopic (exact) mass is 309 g/mol. The molecule has 1 aromatic rings. The molecule has 0 aliphatic heterocycles. The molecule has 0 N–H and O–H groups in total. The Kier molecular flexibility index (Phi) is 5.03. The molecule has 3 atom stereocenters. The first-order valence-corrected chi connectivity index (χ1v) is 8.82. The fraction of sp³-hybridized carbons (Fsp3) is 0.550. The molecule has 0 amide bonds. The first kappa shape index (κ1) is 16.1. The third-order valence-electron chi connectivity index (χ3n) is 5.46. The zero-order valence-electron chi connectivity index (χ0n) is 14.3. The Morgan fingerprint density at radius 2 is 2.00 bits per heavy atom. The highest BCUT2D eigenvalue weighted by molar-refractivity contribution is 5.59. The summed E-state index contributed by atoms with van der Waals surface area (Å²) >= 11 is 0. The number of nitriles is 1. The summed E-state index contributed by atoms with van der Waals surface area (Å²) in [7, 11) is 2.24. The van der Waals surface area contributed by atoms with Gasteiger partial charge in [0.15, 0.2) is 0 Å². The van der Waals surface area contributed by atoms with E-state index in [0.29, 0.717) is 0 Å². The predicted molar refractivity (Wildman–Crippen MR) is 95.4 cm³/mol. The molecule has 0 radical (unpaired) electrons. The van der Waals surface area contributed by atoms with Crippen molar-refractivity contribution in [2.75, 3.05) is 38.1 Å². The molecule has 0 heterocycles. The Morgan fingerprint density at radius 3 is 2.65 bits per heavy atom. The molecule has 0 aromatic heterocycles. The summed E-state index contributed by atoms with van der Waals surface area (Å²) in [5.74, 6) is 2.52. The van der Waals surface area contributed by atoms with Gasteiger partial charge in [0.25, 0.3) is 0 Å². The van der Waals surface area contributed by atoms with Crippen LogP contribution in [0.1, 0.15) is 25.3 Å². The van der Waals surface area contributed by atoms with E-state index in [1.54, 1.807) is 0 Å². The summed E-state index contributed by atoms with van der Waals surface area (Å²) in [5, 5.41) is 9.30. The average Bonchev–Trinajstić information content (AvgIpc) is 3.18. The molecule has 0 spiro atoms. The second-order valence-corrected chi connectivity index (χ2v) is 7.01. The Labute approximate surface area is 140 Å². The van der Waals surface area contributed by atoms with Crippen LogP contribution in [0.2, 0.25) is 0 Å². The van der Waals surface area contributed by atoms with Gasteiger partial charge in [-0.25, -0.2) is 0 Å². The van der Waals surface area contributed by atoms with Crippen LogP contribution in [-0.2, 0) is 0 Å². The minimum atomic E-state index is 0.773. The quantitative estimate of drug-likeness (QED) is 0.722. The molecule has 1 fully saturated rings. The van der Waals surface area contributed by atoms with Gasteiger partial charge < -0.3 is 9.80 Å². The molecule has 23 heavy (non-hydrogen) atoms. The lowest BCUT2D eigenvalue weighted by Gasteiger charge is -2.29. The normalized spacial score (nSPS) is 25.0. The molecule has 2 bridgehead atoms. The summed E-state index contributed by atoms with van der Waals surface area (Å²) in [6.07, 6.45) is 7.61. The van der Waals surface area contributed by atoms with Gasteiger partial charge in [0, 0.05) is 26.2 Å². The van der Waals surface area contributed by atoms with E-state index in [1.807, 2.05) is 18.2 Å². The molecule has 1 saturated carbocycles. The van der Waals surface area contributed by atoms with Crippen molar-refractivity contribution in [3.8, 4) is 6.07 Å². The van der Waals surface area contributed by atoms with Gasteiger partial charge in [-0.05, 0) is 56.7 Å². The van der Waals surface area contributed by atoms with E-state index in [4.69, 9.17) is 0 Å². The van der Waals surface area contributed by atoms with Crippen molar-refractivity contribution < 1.29 is 0 Å². The first-order valence-electron chi connectivity index (χ1n) is 8.82. The highest BCUT2D eigenvalue weighted by atomic mass is 15.2. The van der Waals surface area contributed by atoms with E-state index in [1.165, 1.54) is 19.4 Å². The number of benzene rings is 1. The number of allylic oxidation sites excluding steroid dienone is 2. The number of anilines is 1. The molecule has 2 aliphatic rings. The second kappa shape index (κ2) is 7.19. The second-order valence-electron chi connectivity index (χ2n) is 7.01. The summed E-state index contributed by atoms with van der Waals surface area (Å²) in [4.78, 5) is 4.78. The fourth-order valence-corrected chi connectivity index (χ4v) is 4.18. The third kappa shape index (κ3) is 3.59. The average molecular weight is 309 g/mol. The van der Waals surface area contributed by atoms with Gasteiger partial charge in [-0.15, -0.1) is 0 Å². The molecular weight excluding hydrogens is 282 g/mol. The van der Waals surface area contributed by atoms with Crippen molar-refractivity contribution >= 4 is 5.69 Å². The molecule has 3 unspecified atom stereocenters. The summed E-state index contributed by atoms with van der Waals surface area (Å²) < 4.78 is 0. The zero-order valence-corrected chi connectivity index (χ0v) is 14.3. The summed E-state index contributed by atoms with van der Waals surface area (Å²) in [6, 6.07) is 10.2. The van der Waals surface area contributed by atoms with Crippen molar-refractivity contribution in [3.63, 3.8) is 0 Å². The molecule has 0 saturated heterocycles. The highest BCUT2D eigenvalue weighted by Crippen LogP contribution is 2.43. The molecule has 3 nitrogen and oxygen atoms in total. The molecule has 122 valence electrons. The van der Waals surface area contributed by atoms with Gasteiger partial charge in [0.05, 0.1) is 11.3 Å². The topological polar surface area (TPSA) is 30.3 Å². The van der Waals surface area contributed by atoms with E-state index in [-0.39, 0.29) is 0 Å². The van der Waals surface area contributed by atoms with E-state index in [9.17, 15) is 5.26 Å². The maximum Gasteiger partial charge on any atom is 0.101 e. The number of nitrogens with zero attached hydrogens (tertiary/aromatic N) is 3. The SMILES string of the molecule is CCN(CCN(C)CC1CC2C=CC1C2)c1ccccc1C#N. The van der Waals surface area contributed by atoms with Gasteiger partial charge in [-0.3, -0.25) is 0 Å². The van der Waals surface area contributed by atoms with Gasteiger partial charge in [0.1, 0.15) is 6.07 Å². The van der Waals surface area contributed by atoms with Crippen molar-refractivity contribution in [1.82, 2.24) is 4.90 Å². The lowest BCUT2D eigenvalue weighted by Crippen LogP contribution is -2.36. The van der Waals surface area contributed by atoms with Crippen LogP contribution in [0.15, 0.2) is 36.4 Å². The van der Waals surface area contributed by atoms with Crippen molar-refractivity contribution in [2.45, 2.75) is 19.8 Å². The van der Waals surface area contributed by atoms with Crippen LogP contribution in [0.25, 0.3) is 0 Å². The molecule has 1 aromatic carbocycles. The molecule has 2 aliphatic carbocycles. The van der Waals surface area contributed by atoms with Crippen LogP contribution in [0.3, 0.4) is 0 Å². The number of para-hydroxylation sites is 1. The minimum Gasteiger partial charge on any atom is -0.369 e. The third-order valence-corrected chi connectivity index (χ3v) is 5.46. The Balaban J connectivity index is 1.53. The van der Waals surface area contributed by atoms with Gasteiger partial charge in [0.2, 0.25) is 0 Å². The van der Waals surface area contributed by atoms with Crippen LogP contribution in [0.5, 0.6) is 0 Å². The maximum absolute atomic E-state index is 9.30. The number of likely N-dealkylation sites (N-methyl/N-ethyl adjacent to an activating group) is 2. The van der Waals surface area contributed by atoms with Crippen LogP contribution in [0, 0.1) is 29.1 Å². The van der Waals surface area contributed by atoms with Gasteiger partial charge >= 0.3 is 0 Å². The van der Waals surface area contributed by atoms with E-state index in [2.05, 4.69) is 48.1 Å². The largest absolute Gasteiger partial charge is 0.369 e.